The predicted molar refractivity (Wildman–Crippen MR) is 88.3 cm³/mol. The van der Waals surface area contributed by atoms with Crippen LogP contribution in [0.4, 0.5) is 0 Å². The smallest absolute Gasteiger partial charge is 0.0734 e. The second-order valence-electron chi connectivity index (χ2n) is 5.58. The molecule has 20 heavy (non-hydrogen) atoms. The van der Waals surface area contributed by atoms with Crippen LogP contribution >= 0.6 is 11.3 Å². The van der Waals surface area contributed by atoms with Gasteiger partial charge < -0.3 is 10.1 Å². The number of thiophene rings is 1. The summed E-state index contributed by atoms with van der Waals surface area (Å²) in [6.45, 7) is 10.2. The topological polar surface area (TPSA) is 21.3 Å². The van der Waals surface area contributed by atoms with Crippen molar-refractivity contribution in [2.75, 3.05) is 13.2 Å². The summed E-state index contributed by atoms with van der Waals surface area (Å²) in [7, 11) is 0. The van der Waals surface area contributed by atoms with Crippen LogP contribution in [0.5, 0.6) is 0 Å². The van der Waals surface area contributed by atoms with Crippen LogP contribution in [-0.2, 0) is 17.9 Å². The highest BCUT2D eigenvalue weighted by molar-refractivity contribution is 7.19. The third kappa shape index (κ3) is 4.05. The third-order valence-corrected chi connectivity index (χ3v) is 4.43. The highest BCUT2D eigenvalue weighted by Gasteiger charge is 2.11. The van der Waals surface area contributed by atoms with Crippen LogP contribution in [0.1, 0.15) is 37.6 Å². The number of hydrogen-bond donors (Lipinski definition) is 1. The average Bonchev–Trinajstić information content (AvgIpc) is 2.77. The maximum Gasteiger partial charge on any atom is 0.0734 e. The Bertz CT molecular complexity index is 533. The van der Waals surface area contributed by atoms with E-state index in [9.17, 15) is 0 Å². The first-order valence-corrected chi connectivity index (χ1v) is 8.31. The summed E-state index contributed by atoms with van der Waals surface area (Å²) < 4.78 is 7.15. The fraction of sp³-hybridized carbons (Fsp3) is 0.529. The van der Waals surface area contributed by atoms with Crippen molar-refractivity contribution in [2.45, 2.75) is 40.3 Å². The molecule has 1 aromatic heterocycles. The third-order valence-electron chi connectivity index (χ3n) is 3.21. The monoisotopic (exact) mass is 291 g/mol. The molecule has 3 heteroatoms. The lowest BCUT2D eigenvalue weighted by Gasteiger charge is -2.09. The first-order chi connectivity index (χ1) is 9.72. The van der Waals surface area contributed by atoms with Crippen molar-refractivity contribution in [3.05, 3.63) is 34.7 Å². The molecule has 0 amide bonds. The summed E-state index contributed by atoms with van der Waals surface area (Å²) >= 11 is 1.89. The number of benzene rings is 1. The van der Waals surface area contributed by atoms with Gasteiger partial charge in [-0.25, -0.2) is 0 Å². The van der Waals surface area contributed by atoms with Crippen LogP contribution in [-0.4, -0.2) is 13.2 Å². The zero-order valence-corrected chi connectivity index (χ0v) is 13.6. The van der Waals surface area contributed by atoms with Gasteiger partial charge in [0.1, 0.15) is 0 Å². The van der Waals surface area contributed by atoms with E-state index < -0.39 is 0 Å². The molecule has 2 aromatic rings. The van der Waals surface area contributed by atoms with Crippen LogP contribution in [0.15, 0.2) is 24.3 Å². The molecule has 0 radical (unpaired) electrons. The molecule has 0 unspecified atom stereocenters. The van der Waals surface area contributed by atoms with E-state index in [2.05, 4.69) is 50.4 Å². The summed E-state index contributed by atoms with van der Waals surface area (Å²) in [4.78, 5) is 1.42. The Hall–Kier alpha value is -0.900. The summed E-state index contributed by atoms with van der Waals surface area (Å²) in [6.07, 6.45) is 1.07. The molecule has 0 saturated carbocycles. The van der Waals surface area contributed by atoms with E-state index in [1.165, 1.54) is 20.5 Å². The van der Waals surface area contributed by atoms with E-state index in [0.29, 0.717) is 5.92 Å². The minimum absolute atomic E-state index is 0.684. The first kappa shape index (κ1) is 15.5. The molecule has 0 bridgehead atoms. The Kier molecular flexibility index (Phi) is 6.02. The molecule has 0 atom stereocenters. The maximum absolute atomic E-state index is 5.78. The molecule has 1 N–H and O–H groups in total. The molecule has 1 heterocycles. The lowest BCUT2D eigenvalue weighted by atomic mass is 10.1. The fourth-order valence-electron chi connectivity index (χ4n) is 2.24. The van der Waals surface area contributed by atoms with Crippen molar-refractivity contribution >= 4 is 21.4 Å². The molecule has 0 aliphatic rings. The van der Waals surface area contributed by atoms with Crippen LogP contribution in [0.2, 0.25) is 0 Å². The normalized spacial score (nSPS) is 11.6. The largest absolute Gasteiger partial charge is 0.377 e. The van der Waals surface area contributed by atoms with E-state index >= 15 is 0 Å². The van der Waals surface area contributed by atoms with Crippen molar-refractivity contribution in [3.63, 3.8) is 0 Å². The molecule has 0 spiro atoms. The van der Waals surface area contributed by atoms with Gasteiger partial charge in [-0.2, -0.15) is 0 Å². The van der Waals surface area contributed by atoms with Gasteiger partial charge in [0.05, 0.1) is 6.61 Å². The number of ether oxygens (including phenoxy) is 1. The molecule has 0 aliphatic heterocycles. The quantitative estimate of drug-likeness (QED) is 0.719. The van der Waals surface area contributed by atoms with Crippen molar-refractivity contribution in [3.8, 4) is 0 Å². The second kappa shape index (κ2) is 7.77. The van der Waals surface area contributed by atoms with E-state index in [-0.39, 0.29) is 0 Å². The number of hydrogen-bond acceptors (Lipinski definition) is 3. The highest BCUT2D eigenvalue weighted by Crippen LogP contribution is 2.31. The molecule has 0 saturated heterocycles. The standard InChI is InChI=1S/C17H25NOS/c1-4-9-19-12-15-14-7-5-6-8-16(14)20-17(15)11-18-10-13(2)3/h5-8,13,18H,4,9-12H2,1-3H3. The van der Waals surface area contributed by atoms with Gasteiger partial charge in [0, 0.05) is 28.3 Å². The van der Waals surface area contributed by atoms with Crippen LogP contribution < -0.4 is 5.32 Å². The summed E-state index contributed by atoms with van der Waals surface area (Å²) in [5.74, 6) is 0.684. The Morgan fingerprint density at radius 1 is 1.25 bits per heavy atom. The fourth-order valence-corrected chi connectivity index (χ4v) is 3.42. The van der Waals surface area contributed by atoms with Gasteiger partial charge in [0.15, 0.2) is 0 Å². The minimum atomic E-state index is 0.684. The number of rotatable bonds is 8. The van der Waals surface area contributed by atoms with E-state index in [0.717, 1.165) is 32.7 Å². The van der Waals surface area contributed by atoms with Crippen molar-refractivity contribution in [2.24, 2.45) is 5.92 Å². The van der Waals surface area contributed by atoms with E-state index in [1.54, 1.807) is 0 Å². The SMILES string of the molecule is CCCOCc1c(CNCC(C)C)sc2ccccc12. The Morgan fingerprint density at radius 3 is 2.80 bits per heavy atom. The first-order valence-electron chi connectivity index (χ1n) is 7.50. The van der Waals surface area contributed by atoms with Crippen molar-refractivity contribution < 1.29 is 4.74 Å². The van der Waals surface area contributed by atoms with Gasteiger partial charge in [0.2, 0.25) is 0 Å². The molecular formula is C17H25NOS. The van der Waals surface area contributed by atoms with Gasteiger partial charge in [-0.15, -0.1) is 11.3 Å². The molecule has 2 rings (SSSR count). The minimum Gasteiger partial charge on any atom is -0.377 e. The second-order valence-corrected chi connectivity index (χ2v) is 6.71. The summed E-state index contributed by atoms with van der Waals surface area (Å²) in [5.41, 5.74) is 1.37. The number of fused-ring (bicyclic) bond motifs is 1. The van der Waals surface area contributed by atoms with Gasteiger partial charge >= 0.3 is 0 Å². The van der Waals surface area contributed by atoms with Crippen molar-refractivity contribution in [1.29, 1.82) is 0 Å². The average molecular weight is 291 g/mol. The zero-order chi connectivity index (χ0) is 14.4. The molecule has 2 nitrogen and oxygen atoms in total. The Labute approximate surface area is 126 Å². The number of nitrogens with one attached hydrogen (secondary N) is 1. The van der Waals surface area contributed by atoms with Gasteiger partial charge in [0.25, 0.3) is 0 Å². The van der Waals surface area contributed by atoms with Gasteiger partial charge in [-0.05, 0) is 30.3 Å². The summed E-state index contributed by atoms with van der Waals surface area (Å²) in [6, 6.07) is 8.64. The molecule has 0 aliphatic carbocycles. The lowest BCUT2D eigenvalue weighted by Crippen LogP contribution is -2.19. The summed E-state index contributed by atoms with van der Waals surface area (Å²) in [5, 5.41) is 4.90. The lowest BCUT2D eigenvalue weighted by molar-refractivity contribution is 0.122. The van der Waals surface area contributed by atoms with E-state index in [4.69, 9.17) is 4.74 Å². The molecule has 110 valence electrons. The van der Waals surface area contributed by atoms with Gasteiger partial charge in [-0.3, -0.25) is 0 Å². The van der Waals surface area contributed by atoms with Crippen LogP contribution in [0, 0.1) is 5.92 Å². The molecule has 0 fully saturated rings. The Morgan fingerprint density at radius 2 is 2.05 bits per heavy atom. The predicted octanol–water partition coefficient (Wildman–Crippen LogP) is 4.57. The molecular weight excluding hydrogens is 266 g/mol. The Balaban J connectivity index is 2.15. The van der Waals surface area contributed by atoms with Crippen molar-refractivity contribution in [1.82, 2.24) is 5.32 Å². The zero-order valence-electron chi connectivity index (χ0n) is 12.7. The molecule has 1 aromatic carbocycles. The maximum atomic E-state index is 5.78. The van der Waals surface area contributed by atoms with E-state index in [1.807, 2.05) is 11.3 Å². The van der Waals surface area contributed by atoms with Crippen LogP contribution in [0.25, 0.3) is 10.1 Å². The van der Waals surface area contributed by atoms with Crippen LogP contribution in [0.3, 0.4) is 0 Å². The highest BCUT2D eigenvalue weighted by atomic mass is 32.1. The van der Waals surface area contributed by atoms with Gasteiger partial charge in [-0.1, -0.05) is 39.0 Å².